The van der Waals surface area contributed by atoms with Gasteiger partial charge >= 0.3 is 0 Å². The maximum absolute atomic E-state index is 12.5. The fourth-order valence-electron chi connectivity index (χ4n) is 4.73. The molecule has 3 aliphatic rings. The number of pyridine rings is 1. The monoisotopic (exact) mass is 358 g/mol. The highest BCUT2D eigenvalue weighted by Crippen LogP contribution is 2.42. The number of likely N-dealkylation sites (tertiary alicyclic amines) is 1. The van der Waals surface area contributed by atoms with E-state index in [1.807, 2.05) is 17.0 Å². The van der Waals surface area contributed by atoms with E-state index in [2.05, 4.69) is 4.98 Å². The molecule has 1 aliphatic carbocycles. The number of nitrogens with zero attached hydrogens (tertiary/aromatic N) is 2. The molecule has 5 heteroatoms. The van der Waals surface area contributed by atoms with Gasteiger partial charge in [-0.2, -0.15) is 0 Å². The second-order valence-electron chi connectivity index (χ2n) is 8.33. The van der Waals surface area contributed by atoms with Crippen LogP contribution < -0.4 is 0 Å². The van der Waals surface area contributed by atoms with Crippen molar-refractivity contribution in [3.63, 3.8) is 0 Å². The van der Waals surface area contributed by atoms with Crippen LogP contribution >= 0.6 is 0 Å². The fourth-order valence-corrected chi connectivity index (χ4v) is 4.73. The van der Waals surface area contributed by atoms with E-state index in [1.54, 1.807) is 12.3 Å². The molecule has 1 spiro atoms. The summed E-state index contributed by atoms with van der Waals surface area (Å²) in [5.41, 5.74) is 0.784. The molecule has 0 unspecified atom stereocenters. The van der Waals surface area contributed by atoms with Crippen molar-refractivity contribution >= 4 is 5.91 Å². The van der Waals surface area contributed by atoms with Gasteiger partial charge in [0, 0.05) is 25.9 Å². The molecule has 0 N–H and O–H groups in total. The lowest BCUT2D eigenvalue weighted by Crippen LogP contribution is -2.43. The van der Waals surface area contributed by atoms with Crippen molar-refractivity contribution in [3.05, 3.63) is 30.1 Å². The number of aromatic nitrogens is 1. The van der Waals surface area contributed by atoms with Crippen LogP contribution in [0.5, 0.6) is 0 Å². The molecule has 1 saturated carbocycles. The third kappa shape index (κ3) is 4.09. The van der Waals surface area contributed by atoms with Crippen LogP contribution in [0.1, 0.15) is 55.4 Å². The number of amides is 1. The molecule has 2 aliphatic heterocycles. The van der Waals surface area contributed by atoms with Crippen molar-refractivity contribution in [2.24, 2.45) is 11.3 Å². The zero-order chi connectivity index (χ0) is 17.8. The van der Waals surface area contributed by atoms with Gasteiger partial charge in [-0.3, -0.25) is 9.78 Å². The summed E-state index contributed by atoms with van der Waals surface area (Å²) >= 11 is 0. The Labute approximate surface area is 156 Å². The Bertz CT molecular complexity index is 593. The van der Waals surface area contributed by atoms with Gasteiger partial charge in [-0.1, -0.05) is 18.9 Å². The van der Waals surface area contributed by atoms with Crippen LogP contribution in [-0.4, -0.2) is 54.8 Å². The van der Waals surface area contributed by atoms with E-state index < -0.39 is 0 Å². The Balaban J connectivity index is 1.22. The highest BCUT2D eigenvalue weighted by atomic mass is 16.5. The summed E-state index contributed by atoms with van der Waals surface area (Å²) in [6.07, 6.45) is 10.4. The van der Waals surface area contributed by atoms with E-state index in [4.69, 9.17) is 9.47 Å². The summed E-state index contributed by atoms with van der Waals surface area (Å²) in [4.78, 5) is 18.7. The molecular formula is C21H30N2O3. The zero-order valence-electron chi connectivity index (χ0n) is 15.6. The van der Waals surface area contributed by atoms with Gasteiger partial charge in [-0.05, 0) is 55.6 Å². The van der Waals surface area contributed by atoms with Crippen LogP contribution in [0.3, 0.4) is 0 Å². The van der Waals surface area contributed by atoms with Gasteiger partial charge in [0.05, 0.1) is 19.3 Å². The molecule has 26 heavy (non-hydrogen) atoms. The molecule has 0 bridgehead atoms. The van der Waals surface area contributed by atoms with Crippen molar-refractivity contribution in [1.82, 2.24) is 9.88 Å². The first kappa shape index (κ1) is 17.9. The molecule has 1 amide bonds. The molecule has 4 rings (SSSR count). The van der Waals surface area contributed by atoms with E-state index in [0.29, 0.717) is 5.69 Å². The summed E-state index contributed by atoms with van der Waals surface area (Å²) in [5, 5.41) is 0. The lowest BCUT2D eigenvalue weighted by atomic mass is 9.76. The minimum Gasteiger partial charge on any atom is -0.378 e. The number of piperidine rings is 1. The summed E-state index contributed by atoms with van der Waals surface area (Å²) in [6, 6.07) is 5.50. The first-order valence-corrected chi connectivity index (χ1v) is 10.1. The maximum Gasteiger partial charge on any atom is 0.272 e. The molecule has 1 aromatic heterocycles. The average Bonchev–Trinajstić information content (AvgIpc) is 3.33. The molecule has 1 aromatic rings. The van der Waals surface area contributed by atoms with Gasteiger partial charge in [0.25, 0.3) is 5.91 Å². The summed E-state index contributed by atoms with van der Waals surface area (Å²) < 4.78 is 12.0. The fraction of sp³-hybridized carbons (Fsp3) is 0.714. The Kier molecular flexibility index (Phi) is 5.55. The summed E-state index contributed by atoms with van der Waals surface area (Å²) in [7, 11) is 0. The van der Waals surface area contributed by atoms with Gasteiger partial charge in [0.2, 0.25) is 0 Å². The minimum absolute atomic E-state index is 0.0517. The topological polar surface area (TPSA) is 51.7 Å². The first-order chi connectivity index (χ1) is 12.7. The van der Waals surface area contributed by atoms with Crippen LogP contribution in [-0.2, 0) is 9.47 Å². The van der Waals surface area contributed by atoms with Crippen molar-refractivity contribution in [2.45, 2.75) is 51.0 Å². The highest BCUT2D eigenvalue weighted by molar-refractivity contribution is 5.92. The Morgan fingerprint density at radius 1 is 1.23 bits per heavy atom. The first-order valence-electron chi connectivity index (χ1n) is 10.1. The van der Waals surface area contributed by atoms with Gasteiger partial charge in [-0.15, -0.1) is 0 Å². The largest absolute Gasteiger partial charge is 0.378 e. The van der Waals surface area contributed by atoms with E-state index in [1.165, 1.54) is 25.7 Å². The third-order valence-corrected chi connectivity index (χ3v) is 6.41. The second-order valence-corrected chi connectivity index (χ2v) is 8.33. The molecule has 2 saturated heterocycles. The van der Waals surface area contributed by atoms with E-state index in [-0.39, 0.29) is 17.4 Å². The van der Waals surface area contributed by atoms with Gasteiger partial charge in [0.15, 0.2) is 0 Å². The predicted octanol–water partition coefficient (Wildman–Crippen LogP) is 3.30. The van der Waals surface area contributed by atoms with Crippen LogP contribution in [0.2, 0.25) is 0 Å². The molecule has 5 nitrogen and oxygen atoms in total. The number of rotatable bonds is 5. The highest BCUT2D eigenvalue weighted by Gasteiger charge is 2.43. The smallest absolute Gasteiger partial charge is 0.272 e. The van der Waals surface area contributed by atoms with Crippen molar-refractivity contribution in [3.8, 4) is 0 Å². The Morgan fingerprint density at radius 3 is 2.77 bits per heavy atom. The molecule has 3 fully saturated rings. The lowest BCUT2D eigenvalue weighted by molar-refractivity contribution is 0.00260. The minimum atomic E-state index is 0.0517. The van der Waals surface area contributed by atoms with Crippen LogP contribution in [0.15, 0.2) is 24.4 Å². The van der Waals surface area contributed by atoms with Crippen LogP contribution in [0.25, 0.3) is 0 Å². The predicted molar refractivity (Wildman–Crippen MR) is 98.9 cm³/mol. The van der Waals surface area contributed by atoms with Crippen molar-refractivity contribution < 1.29 is 14.3 Å². The summed E-state index contributed by atoms with van der Waals surface area (Å²) in [5.74, 6) is 0.821. The van der Waals surface area contributed by atoms with Gasteiger partial charge in [0.1, 0.15) is 5.69 Å². The second kappa shape index (κ2) is 8.05. The summed E-state index contributed by atoms with van der Waals surface area (Å²) in [6.45, 7) is 4.05. The van der Waals surface area contributed by atoms with Crippen LogP contribution in [0, 0.1) is 11.3 Å². The zero-order valence-corrected chi connectivity index (χ0v) is 15.6. The standard InChI is InChI=1S/C21H30N2O3/c24-20(19-7-3-4-10-22-19)23-11-8-21(9-12-23)13-18(26-16-21)15-25-14-17-5-1-2-6-17/h3-4,7,10,17-18H,1-2,5-6,8-9,11-16H2/t18-/m1/s1. The normalized spacial score (nSPS) is 25.8. The number of hydrogen-bond acceptors (Lipinski definition) is 4. The van der Waals surface area contributed by atoms with E-state index in [9.17, 15) is 4.79 Å². The lowest BCUT2D eigenvalue weighted by Gasteiger charge is -2.38. The van der Waals surface area contributed by atoms with Crippen molar-refractivity contribution in [2.75, 3.05) is 32.9 Å². The molecule has 1 atom stereocenters. The van der Waals surface area contributed by atoms with Crippen molar-refractivity contribution in [1.29, 1.82) is 0 Å². The SMILES string of the molecule is O=C(c1ccccn1)N1CCC2(CC1)CO[C@@H](COCC1CCCC1)C2. The van der Waals surface area contributed by atoms with E-state index in [0.717, 1.165) is 58.1 Å². The third-order valence-electron chi connectivity index (χ3n) is 6.41. The maximum atomic E-state index is 12.5. The van der Waals surface area contributed by atoms with Gasteiger partial charge < -0.3 is 14.4 Å². The quantitative estimate of drug-likeness (QED) is 0.810. The molecule has 142 valence electrons. The molecule has 3 heterocycles. The number of carbonyl (C=O) groups is 1. The van der Waals surface area contributed by atoms with E-state index >= 15 is 0 Å². The average molecular weight is 358 g/mol. The Hall–Kier alpha value is -1.46. The number of carbonyl (C=O) groups excluding carboxylic acids is 1. The number of hydrogen-bond donors (Lipinski definition) is 0. The molecule has 0 radical (unpaired) electrons. The van der Waals surface area contributed by atoms with Gasteiger partial charge in [-0.25, -0.2) is 0 Å². The number of ether oxygens (including phenoxy) is 2. The molecule has 0 aromatic carbocycles. The van der Waals surface area contributed by atoms with Crippen LogP contribution in [0.4, 0.5) is 0 Å². The molecular weight excluding hydrogens is 328 g/mol. The Morgan fingerprint density at radius 2 is 2.04 bits per heavy atom.